The van der Waals surface area contributed by atoms with Crippen molar-refractivity contribution < 1.29 is 19.1 Å². The van der Waals surface area contributed by atoms with Crippen molar-refractivity contribution in [3.05, 3.63) is 76.8 Å². The maximum absolute atomic E-state index is 12.7. The highest BCUT2D eigenvalue weighted by atomic mass is 35.5. The zero-order valence-corrected chi connectivity index (χ0v) is 15.8. The van der Waals surface area contributed by atoms with Crippen LogP contribution in [0.1, 0.15) is 28.8 Å². The zero-order chi connectivity index (χ0) is 19.7. The third-order valence-electron chi connectivity index (χ3n) is 5.13. The highest BCUT2D eigenvalue weighted by Crippen LogP contribution is 2.37. The van der Waals surface area contributed by atoms with E-state index in [1.807, 2.05) is 12.2 Å². The number of imide groups is 1. The lowest BCUT2D eigenvalue weighted by atomic mass is 9.85. The van der Waals surface area contributed by atoms with Crippen LogP contribution in [-0.2, 0) is 20.9 Å². The van der Waals surface area contributed by atoms with E-state index in [1.54, 1.807) is 42.5 Å². The van der Waals surface area contributed by atoms with Gasteiger partial charge in [-0.15, -0.1) is 0 Å². The topological polar surface area (TPSA) is 63.7 Å². The van der Waals surface area contributed by atoms with E-state index in [1.165, 1.54) is 11.0 Å². The Morgan fingerprint density at radius 3 is 2.29 bits per heavy atom. The molecule has 1 heterocycles. The molecule has 0 saturated carbocycles. The van der Waals surface area contributed by atoms with Crippen LogP contribution < -0.4 is 4.90 Å². The van der Waals surface area contributed by atoms with E-state index in [0.29, 0.717) is 29.1 Å². The molecule has 2 atom stereocenters. The number of ether oxygens (including phenoxy) is 1. The second-order valence-electron chi connectivity index (χ2n) is 6.92. The number of benzene rings is 2. The van der Waals surface area contributed by atoms with Crippen LogP contribution in [0.15, 0.2) is 60.7 Å². The van der Waals surface area contributed by atoms with Crippen LogP contribution in [0.3, 0.4) is 0 Å². The molecule has 2 amide bonds. The number of hydrogen-bond donors (Lipinski definition) is 0. The first-order chi connectivity index (χ1) is 13.5. The third kappa shape index (κ3) is 3.45. The number of amides is 2. The second-order valence-corrected chi connectivity index (χ2v) is 7.36. The quantitative estimate of drug-likeness (QED) is 0.443. The summed E-state index contributed by atoms with van der Waals surface area (Å²) in [7, 11) is 0. The molecule has 2 aromatic rings. The fourth-order valence-corrected chi connectivity index (χ4v) is 3.77. The first kappa shape index (κ1) is 18.4. The van der Waals surface area contributed by atoms with Crippen molar-refractivity contribution in [2.75, 3.05) is 4.90 Å². The molecule has 1 fully saturated rings. The molecule has 0 bridgehead atoms. The number of allylic oxidation sites excluding steroid dienone is 2. The van der Waals surface area contributed by atoms with Gasteiger partial charge in [0.1, 0.15) is 6.61 Å². The first-order valence-electron chi connectivity index (χ1n) is 9.09. The molecule has 4 rings (SSSR count). The Morgan fingerprint density at radius 1 is 1.00 bits per heavy atom. The second kappa shape index (κ2) is 7.60. The smallest absolute Gasteiger partial charge is 0.338 e. The van der Waals surface area contributed by atoms with E-state index in [-0.39, 0.29) is 30.3 Å². The number of carbonyl (C=O) groups excluding carboxylic acids is 3. The van der Waals surface area contributed by atoms with Crippen LogP contribution in [-0.4, -0.2) is 17.8 Å². The normalized spacial score (nSPS) is 21.0. The lowest BCUT2D eigenvalue weighted by molar-refractivity contribution is -0.122. The molecule has 5 nitrogen and oxygen atoms in total. The monoisotopic (exact) mass is 395 g/mol. The van der Waals surface area contributed by atoms with Crippen molar-refractivity contribution in [1.82, 2.24) is 0 Å². The molecule has 0 N–H and O–H groups in total. The number of nitrogens with zero attached hydrogens (tertiary/aromatic N) is 1. The van der Waals surface area contributed by atoms with Gasteiger partial charge in [0.15, 0.2) is 0 Å². The van der Waals surface area contributed by atoms with Crippen molar-refractivity contribution in [3.8, 4) is 0 Å². The fourth-order valence-electron chi connectivity index (χ4n) is 3.64. The Kier molecular flexibility index (Phi) is 5.01. The van der Waals surface area contributed by atoms with Crippen LogP contribution >= 0.6 is 11.6 Å². The summed E-state index contributed by atoms with van der Waals surface area (Å²) in [5.74, 6) is -1.54. The van der Waals surface area contributed by atoms with E-state index in [2.05, 4.69) is 0 Å². The van der Waals surface area contributed by atoms with Crippen LogP contribution in [0.4, 0.5) is 5.69 Å². The van der Waals surface area contributed by atoms with Crippen LogP contribution in [0.5, 0.6) is 0 Å². The SMILES string of the molecule is O=C(OCc1ccc(Cl)cc1)c1cccc(N2C(=O)[C@H]3CC=CC[C@@H]3C2=O)c1. The van der Waals surface area contributed by atoms with Crippen molar-refractivity contribution >= 4 is 35.1 Å². The summed E-state index contributed by atoms with van der Waals surface area (Å²) < 4.78 is 5.34. The predicted molar refractivity (Wildman–Crippen MR) is 105 cm³/mol. The number of halogens is 1. The molecule has 1 aliphatic carbocycles. The molecule has 142 valence electrons. The summed E-state index contributed by atoms with van der Waals surface area (Å²) in [6.07, 6.45) is 5.05. The average Bonchev–Trinajstić information content (AvgIpc) is 2.98. The van der Waals surface area contributed by atoms with Gasteiger partial charge in [-0.1, -0.05) is 42.0 Å². The summed E-state index contributed by atoms with van der Waals surface area (Å²) in [5, 5.41) is 0.610. The van der Waals surface area contributed by atoms with Gasteiger partial charge in [-0.3, -0.25) is 14.5 Å². The molecule has 0 aromatic heterocycles. The average molecular weight is 396 g/mol. The lowest BCUT2D eigenvalue weighted by Crippen LogP contribution is -2.31. The van der Waals surface area contributed by atoms with Crippen molar-refractivity contribution in [2.24, 2.45) is 11.8 Å². The van der Waals surface area contributed by atoms with E-state index < -0.39 is 5.97 Å². The number of esters is 1. The van der Waals surface area contributed by atoms with E-state index in [9.17, 15) is 14.4 Å². The van der Waals surface area contributed by atoms with Crippen LogP contribution in [0, 0.1) is 11.8 Å². The molecule has 0 spiro atoms. The molecule has 0 radical (unpaired) electrons. The summed E-state index contributed by atoms with van der Waals surface area (Å²) in [5.41, 5.74) is 1.51. The van der Waals surface area contributed by atoms with Gasteiger partial charge in [0.05, 0.1) is 23.1 Å². The van der Waals surface area contributed by atoms with Gasteiger partial charge in [-0.25, -0.2) is 4.79 Å². The van der Waals surface area contributed by atoms with Gasteiger partial charge in [0, 0.05) is 5.02 Å². The van der Waals surface area contributed by atoms with Gasteiger partial charge >= 0.3 is 5.97 Å². The Morgan fingerprint density at radius 2 is 1.64 bits per heavy atom. The minimum Gasteiger partial charge on any atom is -0.457 e. The Labute approximate surface area is 167 Å². The maximum atomic E-state index is 12.7. The lowest BCUT2D eigenvalue weighted by Gasteiger charge is -2.15. The third-order valence-corrected chi connectivity index (χ3v) is 5.38. The summed E-state index contributed by atoms with van der Waals surface area (Å²) in [6.45, 7) is 0.109. The fraction of sp³-hybridized carbons (Fsp3) is 0.227. The minimum absolute atomic E-state index is 0.109. The zero-order valence-electron chi connectivity index (χ0n) is 15.0. The molecule has 1 saturated heterocycles. The first-order valence-corrected chi connectivity index (χ1v) is 9.47. The summed E-state index contributed by atoms with van der Waals surface area (Å²) in [6, 6.07) is 13.5. The van der Waals surface area contributed by atoms with Crippen molar-refractivity contribution in [3.63, 3.8) is 0 Å². The highest BCUT2D eigenvalue weighted by molar-refractivity contribution is 6.30. The molecule has 0 unspecified atom stereocenters. The number of carbonyl (C=O) groups is 3. The molecular formula is C22H18ClNO4. The molecular weight excluding hydrogens is 378 g/mol. The van der Waals surface area contributed by atoms with E-state index in [4.69, 9.17) is 16.3 Å². The number of rotatable bonds is 4. The Bertz CT molecular complexity index is 941. The number of fused-ring (bicyclic) bond motifs is 1. The predicted octanol–water partition coefficient (Wildman–Crippen LogP) is 4.15. The van der Waals surface area contributed by atoms with E-state index in [0.717, 1.165) is 5.56 Å². The van der Waals surface area contributed by atoms with Gasteiger partial charge in [-0.05, 0) is 48.7 Å². The van der Waals surface area contributed by atoms with Crippen LogP contribution in [0.2, 0.25) is 5.02 Å². The Hall–Kier alpha value is -2.92. The molecule has 1 aliphatic heterocycles. The van der Waals surface area contributed by atoms with Gasteiger partial charge < -0.3 is 4.74 Å². The van der Waals surface area contributed by atoms with Gasteiger partial charge in [-0.2, -0.15) is 0 Å². The van der Waals surface area contributed by atoms with Crippen molar-refractivity contribution in [1.29, 1.82) is 0 Å². The van der Waals surface area contributed by atoms with Gasteiger partial charge in [0.25, 0.3) is 0 Å². The van der Waals surface area contributed by atoms with Crippen molar-refractivity contribution in [2.45, 2.75) is 19.4 Å². The number of hydrogen-bond acceptors (Lipinski definition) is 4. The molecule has 6 heteroatoms. The molecule has 2 aliphatic rings. The highest BCUT2D eigenvalue weighted by Gasteiger charge is 2.47. The van der Waals surface area contributed by atoms with Crippen LogP contribution in [0.25, 0.3) is 0 Å². The van der Waals surface area contributed by atoms with E-state index >= 15 is 0 Å². The Balaban J connectivity index is 1.50. The standard InChI is InChI=1S/C22H18ClNO4/c23-16-10-8-14(9-11-16)13-28-22(27)15-4-3-5-17(12-15)24-20(25)18-6-1-2-7-19(18)21(24)26/h1-5,8-12,18-19H,6-7,13H2/t18-,19-/m0/s1. The summed E-state index contributed by atoms with van der Waals surface area (Å²) >= 11 is 5.85. The largest absolute Gasteiger partial charge is 0.457 e. The number of anilines is 1. The maximum Gasteiger partial charge on any atom is 0.338 e. The molecule has 28 heavy (non-hydrogen) atoms. The van der Waals surface area contributed by atoms with Gasteiger partial charge in [0.2, 0.25) is 11.8 Å². The summed E-state index contributed by atoms with van der Waals surface area (Å²) in [4.78, 5) is 39.1. The minimum atomic E-state index is -0.519. The molecule has 2 aromatic carbocycles.